The van der Waals surface area contributed by atoms with Crippen LogP contribution >= 0.6 is 0 Å². The Labute approximate surface area is 182 Å². The van der Waals surface area contributed by atoms with Gasteiger partial charge in [-0.05, 0) is 36.8 Å². The minimum Gasteiger partial charge on any atom is -0.352 e. The van der Waals surface area contributed by atoms with Crippen molar-refractivity contribution < 1.29 is 4.39 Å². The highest BCUT2D eigenvalue weighted by Crippen LogP contribution is 2.35. The molecular formula is C25H17FN6. The number of hydrogen-bond donors (Lipinski definition) is 2. The molecule has 5 heterocycles. The van der Waals surface area contributed by atoms with E-state index in [1.165, 1.54) is 6.07 Å². The first kappa shape index (κ1) is 18.4. The van der Waals surface area contributed by atoms with Crippen LogP contribution in [0.2, 0.25) is 0 Å². The molecule has 1 aromatic carbocycles. The standard InChI is InChI=1S/C25H17FN6/c1-14-6-7-27-11-19(14)15-8-18-24(31-32-25(18)29-10-15)22-9-17-20(12-28-13-23(17)30-22)16-4-2-3-5-21(16)26/h2-13,30H,1H3,(H,29,31,32). The molecule has 0 saturated carbocycles. The average molecular weight is 420 g/mol. The number of halogens is 1. The van der Waals surface area contributed by atoms with Crippen molar-refractivity contribution in [3.8, 4) is 33.6 Å². The summed E-state index contributed by atoms with van der Waals surface area (Å²) >= 11 is 0. The van der Waals surface area contributed by atoms with Crippen LogP contribution < -0.4 is 0 Å². The SMILES string of the molecule is Cc1ccncc1-c1cnc2n[nH]c(-c3cc4c(-c5ccccc5F)cncc4[nH]3)c2c1. The van der Waals surface area contributed by atoms with E-state index in [1.807, 2.05) is 37.5 Å². The second-order valence-electron chi connectivity index (χ2n) is 7.70. The van der Waals surface area contributed by atoms with Gasteiger partial charge >= 0.3 is 0 Å². The monoisotopic (exact) mass is 420 g/mol. The van der Waals surface area contributed by atoms with Gasteiger partial charge < -0.3 is 4.98 Å². The summed E-state index contributed by atoms with van der Waals surface area (Å²) in [4.78, 5) is 16.5. The first-order chi connectivity index (χ1) is 15.7. The van der Waals surface area contributed by atoms with E-state index in [4.69, 9.17) is 0 Å². The van der Waals surface area contributed by atoms with Crippen molar-refractivity contribution in [1.29, 1.82) is 0 Å². The fraction of sp³-hybridized carbons (Fsp3) is 0.0400. The third-order valence-corrected chi connectivity index (χ3v) is 5.74. The van der Waals surface area contributed by atoms with Crippen molar-refractivity contribution in [1.82, 2.24) is 30.1 Å². The number of aryl methyl sites for hydroxylation is 1. The van der Waals surface area contributed by atoms with Crippen LogP contribution in [0.25, 0.3) is 55.6 Å². The van der Waals surface area contributed by atoms with E-state index in [9.17, 15) is 4.39 Å². The van der Waals surface area contributed by atoms with Gasteiger partial charge in [-0.3, -0.25) is 15.1 Å². The predicted octanol–water partition coefficient (Wildman–Crippen LogP) is 5.68. The fourth-order valence-electron chi connectivity index (χ4n) is 4.10. The molecule has 0 fully saturated rings. The van der Waals surface area contributed by atoms with Gasteiger partial charge in [0.25, 0.3) is 0 Å². The Hall–Kier alpha value is -4.39. The second kappa shape index (κ2) is 7.09. The molecular weight excluding hydrogens is 403 g/mol. The maximum absolute atomic E-state index is 14.5. The van der Waals surface area contributed by atoms with Gasteiger partial charge in [-0.25, -0.2) is 9.37 Å². The molecule has 0 aliphatic heterocycles. The lowest BCUT2D eigenvalue weighted by molar-refractivity contribution is 0.631. The molecule has 0 atom stereocenters. The van der Waals surface area contributed by atoms with E-state index in [1.54, 1.807) is 30.7 Å². The lowest BCUT2D eigenvalue weighted by atomic mass is 10.0. The third kappa shape index (κ3) is 2.86. The van der Waals surface area contributed by atoms with Crippen LogP contribution in [0.3, 0.4) is 0 Å². The number of pyridine rings is 3. The van der Waals surface area contributed by atoms with E-state index in [0.717, 1.165) is 49.9 Å². The van der Waals surface area contributed by atoms with Gasteiger partial charge in [0.2, 0.25) is 0 Å². The minimum absolute atomic E-state index is 0.280. The maximum atomic E-state index is 14.5. The summed E-state index contributed by atoms with van der Waals surface area (Å²) in [6, 6.07) is 12.8. The summed E-state index contributed by atoms with van der Waals surface area (Å²) in [5.41, 5.74) is 7.44. The molecule has 0 radical (unpaired) electrons. The molecule has 0 spiro atoms. The van der Waals surface area contributed by atoms with Crippen LogP contribution in [0.4, 0.5) is 4.39 Å². The van der Waals surface area contributed by atoms with Crippen molar-refractivity contribution in [2.45, 2.75) is 6.92 Å². The Morgan fingerprint density at radius 2 is 1.72 bits per heavy atom. The van der Waals surface area contributed by atoms with Crippen LogP contribution in [0.5, 0.6) is 0 Å². The molecule has 0 aliphatic rings. The number of aromatic amines is 2. The number of hydrogen-bond acceptors (Lipinski definition) is 4. The molecule has 6 aromatic rings. The Morgan fingerprint density at radius 1 is 0.844 bits per heavy atom. The minimum atomic E-state index is -0.280. The fourth-order valence-corrected chi connectivity index (χ4v) is 4.10. The summed E-state index contributed by atoms with van der Waals surface area (Å²) in [7, 11) is 0. The van der Waals surface area contributed by atoms with Crippen LogP contribution in [0, 0.1) is 12.7 Å². The summed E-state index contributed by atoms with van der Waals surface area (Å²) in [6.07, 6.45) is 8.86. The lowest BCUT2D eigenvalue weighted by Crippen LogP contribution is -1.87. The molecule has 7 heteroatoms. The first-order valence-electron chi connectivity index (χ1n) is 10.2. The Balaban J connectivity index is 1.53. The van der Waals surface area contributed by atoms with Crippen molar-refractivity contribution >= 4 is 21.9 Å². The maximum Gasteiger partial charge on any atom is 0.181 e. The van der Waals surface area contributed by atoms with Crippen LogP contribution in [-0.4, -0.2) is 30.1 Å². The summed E-state index contributed by atoms with van der Waals surface area (Å²) < 4.78 is 14.5. The Morgan fingerprint density at radius 3 is 2.59 bits per heavy atom. The zero-order chi connectivity index (χ0) is 21.7. The average Bonchev–Trinajstić information content (AvgIpc) is 3.43. The van der Waals surface area contributed by atoms with E-state index >= 15 is 0 Å². The van der Waals surface area contributed by atoms with Crippen molar-refractivity contribution in [2.24, 2.45) is 0 Å². The van der Waals surface area contributed by atoms with Gasteiger partial charge in [-0.15, -0.1) is 0 Å². The van der Waals surface area contributed by atoms with E-state index in [0.29, 0.717) is 11.2 Å². The van der Waals surface area contributed by atoms with Crippen LogP contribution in [-0.2, 0) is 0 Å². The Bertz CT molecular complexity index is 1610. The Kier molecular flexibility index (Phi) is 4.07. The molecule has 6 nitrogen and oxygen atoms in total. The number of fused-ring (bicyclic) bond motifs is 2. The van der Waals surface area contributed by atoms with Gasteiger partial charge in [0.15, 0.2) is 5.65 Å². The van der Waals surface area contributed by atoms with E-state index < -0.39 is 0 Å². The molecule has 6 rings (SSSR count). The lowest BCUT2D eigenvalue weighted by Gasteiger charge is -2.04. The molecule has 0 saturated heterocycles. The van der Waals surface area contributed by atoms with Gasteiger partial charge in [-0.1, -0.05) is 18.2 Å². The molecule has 0 amide bonds. The number of H-pyrrole nitrogens is 2. The number of rotatable bonds is 3. The summed E-state index contributed by atoms with van der Waals surface area (Å²) in [5.74, 6) is -0.280. The number of benzene rings is 1. The highest BCUT2D eigenvalue weighted by atomic mass is 19.1. The number of nitrogens with zero attached hydrogens (tertiary/aromatic N) is 4. The predicted molar refractivity (Wildman–Crippen MR) is 122 cm³/mol. The molecule has 154 valence electrons. The largest absolute Gasteiger partial charge is 0.352 e. The first-order valence-corrected chi connectivity index (χ1v) is 10.2. The highest BCUT2D eigenvalue weighted by Gasteiger charge is 2.16. The molecule has 0 unspecified atom stereocenters. The molecule has 0 aliphatic carbocycles. The summed E-state index contributed by atoms with van der Waals surface area (Å²) in [5, 5.41) is 9.24. The topological polar surface area (TPSA) is 83.1 Å². The van der Waals surface area contributed by atoms with Crippen LogP contribution in [0.15, 0.2) is 73.4 Å². The summed E-state index contributed by atoms with van der Waals surface area (Å²) in [6.45, 7) is 2.05. The molecule has 0 bridgehead atoms. The third-order valence-electron chi connectivity index (χ3n) is 5.74. The van der Waals surface area contributed by atoms with Gasteiger partial charge in [0, 0.05) is 57.8 Å². The highest BCUT2D eigenvalue weighted by molar-refractivity contribution is 6.00. The van der Waals surface area contributed by atoms with E-state index in [-0.39, 0.29) is 5.82 Å². The van der Waals surface area contributed by atoms with Crippen molar-refractivity contribution in [3.05, 3.63) is 84.8 Å². The second-order valence-corrected chi connectivity index (χ2v) is 7.70. The number of aromatic nitrogens is 6. The smallest absolute Gasteiger partial charge is 0.181 e. The van der Waals surface area contributed by atoms with Gasteiger partial charge in [-0.2, -0.15) is 5.10 Å². The molecule has 32 heavy (non-hydrogen) atoms. The normalized spacial score (nSPS) is 11.4. The number of nitrogens with one attached hydrogen (secondary N) is 2. The van der Waals surface area contributed by atoms with Crippen molar-refractivity contribution in [2.75, 3.05) is 0 Å². The molecule has 5 aromatic heterocycles. The molecule has 2 N–H and O–H groups in total. The quantitative estimate of drug-likeness (QED) is 0.386. The van der Waals surface area contributed by atoms with Gasteiger partial charge in [0.05, 0.1) is 23.1 Å². The zero-order valence-electron chi connectivity index (χ0n) is 17.1. The zero-order valence-corrected chi connectivity index (χ0v) is 17.1. The van der Waals surface area contributed by atoms with Gasteiger partial charge in [0.1, 0.15) is 5.82 Å². The van der Waals surface area contributed by atoms with Crippen LogP contribution in [0.1, 0.15) is 5.56 Å². The van der Waals surface area contributed by atoms with Crippen molar-refractivity contribution in [3.63, 3.8) is 0 Å². The van der Waals surface area contributed by atoms with E-state index in [2.05, 4.69) is 36.2 Å².